The number of hydrogen-bond donors (Lipinski definition) is 1. The molecule has 1 atom stereocenters. The molecule has 0 radical (unpaired) electrons. The Labute approximate surface area is 206 Å². The van der Waals surface area contributed by atoms with Crippen molar-refractivity contribution in [1.29, 1.82) is 0 Å². The number of amides is 1. The molecule has 1 amide bonds. The van der Waals surface area contributed by atoms with Crippen LogP contribution in [0.1, 0.15) is 37.9 Å². The van der Waals surface area contributed by atoms with E-state index in [9.17, 15) is 14.7 Å². The van der Waals surface area contributed by atoms with Gasteiger partial charge in [0.25, 0.3) is 11.7 Å². The van der Waals surface area contributed by atoms with E-state index in [1.165, 1.54) is 14.2 Å². The molecular weight excluding hydrogens is 448 g/mol. The lowest BCUT2D eigenvalue weighted by Crippen LogP contribution is -2.38. The van der Waals surface area contributed by atoms with Gasteiger partial charge < -0.3 is 29.1 Å². The van der Waals surface area contributed by atoms with E-state index in [4.69, 9.17) is 14.2 Å². The molecule has 0 aromatic heterocycles. The summed E-state index contributed by atoms with van der Waals surface area (Å²) in [7, 11) is 3.01. The Morgan fingerprint density at radius 1 is 0.971 bits per heavy atom. The fraction of sp³-hybridized carbons (Fsp3) is 0.407. The van der Waals surface area contributed by atoms with E-state index in [0.717, 1.165) is 13.1 Å². The van der Waals surface area contributed by atoms with Crippen LogP contribution in [0.2, 0.25) is 0 Å². The molecule has 1 heterocycles. The van der Waals surface area contributed by atoms with Crippen molar-refractivity contribution in [3.05, 3.63) is 59.2 Å². The van der Waals surface area contributed by atoms with Crippen LogP contribution >= 0.6 is 0 Å². The summed E-state index contributed by atoms with van der Waals surface area (Å²) in [5.74, 6) is -0.00439. The Morgan fingerprint density at radius 2 is 1.63 bits per heavy atom. The fourth-order valence-corrected chi connectivity index (χ4v) is 4.30. The number of aliphatic hydroxyl groups excluding tert-OH is 1. The van der Waals surface area contributed by atoms with Gasteiger partial charge in [-0.15, -0.1) is 0 Å². The number of nitrogens with zero attached hydrogens (tertiary/aromatic N) is 2. The molecule has 1 aliphatic heterocycles. The lowest BCUT2D eigenvalue weighted by molar-refractivity contribution is -0.140. The van der Waals surface area contributed by atoms with Crippen LogP contribution in [-0.4, -0.2) is 73.6 Å². The van der Waals surface area contributed by atoms with Crippen molar-refractivity contribution in [3.63, 3.8) is 0 Å². The molecule has 1 saturated heterocycles. The molecule has 8 heteroatoms. The number of likely N-dealkylation sites (N-methyl/N-ethyl adjacent to an activating group) is 1. The zero-order valence-corrected chi connectivity index (χ0v) is 21.0. The highest BCUT2D eigenvalue weighted by Gasteiger charge is 2.46. The highest BCUT2D eigenvalue weighted by molar-refractivity contribution is 6.46. The maximum absolute atomic E-state index is 13.2. The molecule has 2 aromatic rings. The van der Waals surface area contributed by atoms with Gasteiger partial charge in [0, 0.05) is 18.7 Å². The van der Waals surface area contributed by atoms with Gasteiger partial charge in [0.2, 0.25) is 0 Å². The third kappa shape index (κ3) is 5.43. The van der Waals surface area contributed by atoms with Crippen molar-refractivity contribution >= 4 is 17.4 Å². The highest BCUT2D eigenvalue weighted by atomic mass is 16.5. The van der Waals surface area contributed by atoms with Gasteiger partial charge in [-0.3, -0.25) is 9.59 Å². The zero-order valence-electron chi connectivity index (χ0n) is 21.0. The van der Waals surface area contributed by atoms with Crippen molar-refractivity contribution in [2.75, 3.05) is 47.0 Å². The van der Waals surface area contributed by atoms with E-state index in [2.05, 4.69) is 18.7 Å². The van der Waals surface area contributed by atoms with Gasteiger partial charge in [-0.05, 0) is 55.9 Å². The van der Waals surface area contributed by atoms with Crippen molar-refractivity contribution in [3.8, 4) is 17.2 Å². The largest absolute Gasteiger partial charge is 0.507 e. The number of likely N-dealkylation sites (tertiary alicyclic amines) is 1. The van der Waals surface area contributed by atoms with E-state index >= 15 is 0 Å². The van der Waals surface area contributed by atoms with Crippen LogP contribution in [-0.2, 0) is 9.59 Å². The topological polar surface area (TPSA) is 88.5 Å². The van der Waals surface area contributed by atoms with Gasteiger partial charge in [0.1, 0.15) is 11.5 Å². The second-order valence-corrected chi connectivity index (χ2v) is 8.09. The third-order valence-corrected chi connectivity index (χ3v) is 6.26. The molecule has 0 bridgehead atoms. The van der Waals surface area contributed by atoms with Crippen LogP contribution in [0.4, 0.5) is 0 Å². The summed E-state index contributed by atoms with van der Waals surface area (Å²) in [4.78, 5) is 30.1. The first-order chi connectivity index (χ1) is 16.9. The second kappa shape index (κ2) is 11.8. The van der Waals surface area contributed by atoms with E-state index in [1.54, 1.807) is 35.2 Å². The molecule has 188 valence electrons. The predicted molar refractivity (Wildman–Crippen MR) is 134 cm³/mol. The second-order valence-electron chi connectivity index (χ2n) is 8.09. The lowest BCUT2D eigenvalue weighted by atomic mass is 9.95. The maximum atomic E-state index is 13.2. The third-order valence-electron chi connectivity index (χ3n) is 6.26. The lowest BCUT2D eigenvalue weighted by Gasteiger charge is -2.28. The number of carbonyl (C=O) groups excluding carboxylic acids is 2. The molecular formula is C27H34N2O6. The maximum Gasteiger partial charge on any atom is 0.295 e. The number of ether oxygens (including phenoxy) is 3. The average molecular weight is 483 g/mol. The Bertz CT molecular complexity index is 1080. The van der Waals surface area contributed by atoms with E-state index in [-0.39, 0.29) is 11.3 Å². The molecule has 35 heavy (non-hydrogen) atoms. The molecule has 0 spiro atoms. The van der Waals surface area contributed by atoms with Crippen LogP contribution in [0, 0.1) is 0 Å². The fourth-order valence-electron chi connectivity index (χ4n) is 4.30. The van der Waals surface area contributed by atoms with Crippen LogP contribution in [0.3, 0.4) is 0 Å². The summed E-state index contributed by atoms with van der Waals surface area (Å²) in [5, 5.41) is 11.3. The van der Waals surface area contributed by atoms with E-state index in [1.807, 2.05) is 19.1 Å². The summed E-state index contributed by atoms with van der Waals surface area (Å²) in [5.41, 5.74) is 1.13. The van der Waals surface area contributed by atoms with Gasteiger partial charge in [-0.25, -0.2) is 0 Å². The minimum absolute atomic E-state index is 0.0472. The van der Waals surface area contributed by atoms with Crippen LogP contribution in [0.25, 0.3) is 5.76 Å². The number of hydrogen-bond acceptors (Lipinski definition) is 7. The monoisotopic (exact) mass is 482 g/mol. The van der Waals surface area contributed by atoms with Gasteiger partial charge in [-0.2, -0.15) is 0 Å². The first kappa shape index (κ1) is 26.1. The summed E-state index contributed by atoms with van der Waals surface area (Å²) in [6, 6.07) is 11.4. The Morgan fingerprint density at radius 3 is 2.20 bits per heavy atom. The molecule has 2 aromatic carbocycles. The number of Topliss-reactive ketones (excluding diaryl/α,β-unsaturated/α-hetero) is 1. The molecule has 3 rings (SSSR count). The highest BCUT2D eigenvalue weighted by Crippen LogP contribution is 2.41. The minimum Gasteiger partial charge on any atom is -0.507 e. The zero-order chi connectivity index (χ0) is 25.5. The SMILES string of the molecule is CCOc1ccc(C2/C(=C(/O)c3ccc(OC)c(OC)c3)C(=O)C(=O)N2CCN(CC)CC)cc1. The number of ketones is 1. The summed E-state index contributed by atoms with van der Waals surface area (Å²) >= 11 is 0. The first-order valence-electron chi connectivity index (χ1n) is 11.9. The number of methoxy groups -OCH3 is 2. The molecule has 8 nitrogen and oxygen atoms in total. The molecule has 1 fully saturated rings. The van der Waals surface area contributed by atoms with Crippen molar-refractivity contribution in [1.82, 2.24) is 9.80 Å². The van der Waals surface area contributed by atoms with Crippen molar-refractivity contribution in [2.45, 2.75) is 26.8 Å². The Hall–Kier alpha value is -3.52. The van der Waals surface area contributed by atoms with Crippen LogP contribution < -0.4 is 14.2 Å². The van der Waals surface area contributed by atoms with Gasteiger partial charge in [0.15, 0.2) is 11.5 Å². The summed E-state index contributed by atoms with van der Waals surface area (Å²) < 4.78 is 16.2. The van der Waals surface area contributed by atoms with Gasteiger partial charge in [0.05, 0.1) is 32.4 Å². The Balaban J connectivity index is 2.11. The number of aliphatic hydroxyl groups is 1. The summed E-state index contributed by atoms with van der Waals surface area (Å²) in [6.45, 7) is 9.17. The Kier molecular flexibility index (Phi) is 8.76. The van der Waals surface area contributed by atoms with E-state index < -0.39 is 17.7 Å². The van der Waals surface area contributed by atoms with E-state index in [0.29, 0.717) is 48.1 Å². The molecule has 1 aliphatic rings. The van der Waals surface area contributed by atoms with Crippen molar-refractivity contribution < 1.29 is 28.9 Å². The molecule has 1 unspecified atom stereocenters. The molecule has 0 aliphatic carbocycles. The van der Waals surface area contributed by atoms with Crippen LogP contribution in [0.15, 0.2) is 48.0 Å². The standard InChI is InChI=1S/C27H34N2O6/c1-6-28(7-2)15-16-29-24(18-9-12-20(13-10-18)35-8-3)23(26(31)27(29)32)25(30)19-11-14-21(33-4)22(17-19)34-5/h9-14,17,24,30H,6-8,15-16H2,1-5H3/b25-23-. The molecule has 0 saturated carbocycles. The smallest absolute Gasteiger partial charge is 0.295 e. The van der Waals surface area contributed by atoms with Gasteiger partial charge in [-0.1, -0.05) is 26.0 Å². The van der Waals surface area contributed by atoms with Crippen molar-refractivity contribution in [2.24, 2.45) is 0 Å². The molecule has 1 N–H and O–H groups in total. The van der Waals surface area contributed by atoms with Gasteiger partial charge >= 0.3 is 0 Å². The number of benzene rings is 2. The quantitative estimate of drug-likeness (QED) is 0.296. The average Bonchev–Trinajstić information content (AvgIpc) is 3.14. The minimum atomic E-state index is -0.727. The predicted octanol–water partition coefficient (Wildman–Crippen LogP) is 3.87. The van der Waals surface area contributed by atoms with Crippen LogP contribution in [0.5, 0.6) is 17.2 Å². The number of rotatable bonds is 11. The first-order valence-corrected chi connectivity index (χ1v) is 11.9. The normalized spacial score (nSPS) is 17.2. The summed E-state index contributed by atoms with van der Waals surface area (Å²) in [6.07, 6.45) is 0. The number of carbonyl (C=O) groups is 2.